The third-order valence-corrected chi connectivity index (χ3v) is 4.63. The number of rotatable bonds is 9. The summed E-state index contributed by atoms with van der Waals surface area (Å²) in [5.41, 5.74) is 2.58. The number of unbranched alkanes of at least 4 members (excludes halogenated alkanes) is 1. The van der Waals surface area contributed by atoms with Crippen molar-refractivity contribution < 1.29 is 4.39 Å². The molecule has 27 heavy (non-hydrogen) atoms. The first-order valence-corrected chi connectivity index (χ1v) is 9.38. The van der Waals surface area contributed by atoms with Gasteiger partial charge in [0.2, 0.25) is 0 Å². The van der Waals surface area contributed by atoms with E-state index in [1.807, 2.05) is 25.1 Å². The molecule has 0 aliphatic carbocycles. The lowest BCUT2D eigenvalue weighted by Crippen LogP contribution is -2.16. The van der Waals surface area contributed by atoms with E-state index in [2.05, 4.69) is 20.7 Å². The number of hydrogen-bond donors (Lipinski definition) is 2. The predicted molar refractivity (Wildman–Crippen MR) is 107 cm³/mol. The van der Waals surface area contributed by atoms with Crippen LogP contribution in [0.5, 0.6) is 0 Å². The molecule has 0 amide bonds. The molecule has 3 rings (SSSR count). The number of pyridine rings is 1. The zero-order valence-electron chi connectivity index (χ0n) is 15.3. The van der Waals surface area contributed by atoms with Gasteiger partial charge in [-0.15, -0.1) is 0 Å². The van der Waals surface area contributed by atoms with Crippen LogP contribution in [0, 0.1) is 12.7 Å². The molecule has 0 bridgehead atoms. The summed E-state index contributed by atoms with van der Waals surface area (Å²) in [5.74, 6) is 0.624. The molecule has 2 aromatic heterocycles. The summed E-state index contributed by atoms with van der Waals surface area (Å²) in [6.07, 6.45) is 3.87. The number of aromatic nitrogens is 3. The van der Waals surface area contributed by atoms with Gasteiger partial charge in [0.1, 0.15) is 16.8 Å². The van der Waals surface area contributed by atoms with E-state index in [4.69, 9.17) is 11.6 Å². The molecule has 0 aliphatic rings. The van der Waals surface area contributed by atoms with Gasteiger partial charge in [-0.25, -0.2) is 14.1 Å². The van der Waals surface area contributed by atoms with Gasteiger partial charge < -0.3 is 10.6 Å². The van der Waals surface area contributed by atoms with Crippen molar-refractivity contribution in [3.63, 3.8) is 0 Å². The van der Waals surface area contributed by atoms with Crippen molar-refractivity contribution in [1.29, 1.82) is 0 Å². The molecule has 0 saturated carbocycles. The number of nitrogens with one attached hydrogen (secondary N) is 2. The van der Waals surface area contributed by atoms with Crippen LogP contribution in [0.15, 0.2) is 48.7 Å². The van der Waals surface area contributed by atoms with Gasteiger partial charge in [0.25, 0.3) is 0 Å². The van der Waals surface area contributed by atoms with Crippen molar-refractivity contribution in [3.8, 4) is 5.69 Å². The van der Waals surface area contributed by atoms with Gasteiger partial charge in [-0.1, -0.05) is 17.7 Å². The summed E-state index contributed by atoms with van der Waals surface area (Å²) < 4.78 is 14.7. The molecule has 0 radical (unpaired) electrons. The molecule has 2 N–H and O–H groups in total. The molecule has 0 atom stereocenters. The first-order valence-electron chi connectivity index (χ1n) is 9.00. The lowest BCUT2D eigenvalue weighted by Gasteiger charge is -2.07. The van der Waals surface area contributed by atoms with Crippen molar-refractivity contribution in [2.75, 3.05) is 18.4 Å². The van der Waals surface area contributed by atoms with Gasteiger partial charge >= 0.3 is 0 Å². The van der Waals surface area contributed by atoms with E-state index in [0.717, 1.165) is 48.7 Å². The summed E-state index contributed by atoms with van der Waals surface area (Å²) in [5, 5.41) is 11.7. The third kappa shape index (κ3) is 5.28. The molecule has 0 fully saturated rings. The summed E-state index contributed by atoms with van der Waals surface area (Å²) in [6.45, 7) is 4.36. The van der Waals surface area contributed by atoms with Crippen LogP contribution in [0.25, 0.3) is 5.69 Å². The largest absolute Gasteiger partial charge is 0.370 e. The quantitative estimate of drug-likeness (QED) is 0.536. The van der Waals surface area contributed by atoms with E-state index in [1.165, 1.54) is 12.1 Å². The molecule has 1 aromatic carbocycles. The van der Waals surface area contributed by atoms with Crippen molar-refractivity contribution in [2.45, 2.75) is 26.3 Å². The molecule has 7 heteroatoms. The van der Waals surface area contributed by atoms with Crippen molar-refractivity contribution in [1.82, 2.24) is 20.1 Å². The topological polar surface area (TPSA) is 54.8 Å². The Morgan fingerprint density at radius 2 is 1.85 bits per heavy atom. The zero-order chi connectivity index (χ0) is 19.1. The van der Waals surface area contributed by atoms with Crippen molar-refractivity contribution in [2.24, 2.45) is 0 Å². The number of nitrogens with zero attached hydrogens (tertiary/aromatic N) is 3. The second-order valence-corrected chi connectivity index (χ2v) is 6.63. The van der Waals surface area contributed by atoms with Gasteiger partial charge in [0.05, 0.1) is 11.4 Å². The lowest BCUT2D eigenvalue weighted by molar-refractivity contribution is 0.627. The Balaban J connectivity index is 1.44. The van der Waals surface area contributed by atoms with Crippen LogP contribution >= 0.6 is 11.6 Å². The molecule has 0 unspecified atom stereocenters. The number of benzene rings is 1. The van der Waals surface area contributed by atoms with E-state index < -0.39 is 0 Å². The lowest BCUT2D eigenvalue weighted by atomic mass is 10.2. The Morgan fingerprint density at radius 1 is 1.07 bits per heavy atom. The predicted octanol–water partition coefficient (Wildman–Crippen LogP) is 4.35. The highest BCUT2D eigenvalue weighted by atomic mass is 35.5. The molecule has 0 saturated heterocycles. The van der Waals surface area contributed by atoms with Crippen LogP contribution in [-0.2, 0) is 6.54 Å². The van der Waals surface area contributed by atoms with Crippen LogP contribution in [0.3, 0.4) is 0 Å². The Hall–Kier alpha value is -2.44. The van der Waals surface area contributed by atoms with Crippen LogP contribution < -0.4 is 10.6 Å². The Labute approximate surface area is 163 Å². The maximum atomic E-state index is 13.1. The summed E-state index contributed by atoms with van der Waals surface area (Å²) in [4.78, 5) is 4.23. The molecule has 0 aliphatic heterocycles. The summed E-state index contributed by atoms with van der Waals surface area (Å²) in [6, 6.07) is 12.0. The molecule has 142 valence electrons. The first-order chi connectivity index (χ1) is 13.1. The van der Waals surface area contributed by atoms with Crippen molar-refractivity contribution in [3.05, 3.63) is 70.9 Å². The van der Waals surface area contributed by atoms with Crippen molar-refractivity contribution >= 4 is 17.4 Å². The average Bonchev–Trinajstić information content (AvgIpc) is 2.96. The number of aryl methyl sites for hydroxylation is 1. The van der Waals surface area contributed by atoms with Gasteiger partial charge in [-0.05, 0) is 62.7 Å². The standard InChI is InChI=1S/C20H23ClFN5/c1-15-18(20(21)27(26-15)17-9-7-16(22)8-10-17)14-23-11-4-5-13-25-19-6-2-3-12-24-19/h2-3,6-10,12,23H,4-5,11,13-14H2,1H3,(H,24,25). The molecule has 5 nitrogen and oxygen atoms in total. The first kappa shape index (κ1) is 19.3. The van der Waals surface area contributed by atoms with Gasteiger partial charge in [-0.3, -0.25) is 0 Å². The van der Waals surface area contributed by atoms with Gasteiger partial charge in [-0.2, -0.15) is 5.10 Å². The Kier molecular flexibility index (Phi) is 6.79. The fourth-order valence-corrected chi connectivity index (χ4v) is 3.10. The monoisotopic (exact) mass is 387 g/mol. The van der Waals surface area contributed by atoms with E-state index in [9.17, 15) is 4.39 Å². The smallest absolute Gasteiger partial charge is 0.137 e. The molecular weight excluding hydrogens is 365 g/mol. The fraction of sp³-hybridized carbons (Fsp3) is 0.300. The van der Waals surface area contributed by atoms with Crippen LogP contribution in [0.4, 0.5) is 10.2 Å². The van der Waals surface area contributed by atoms with Crippen LogP contribution in [0.2, 0.25) is 5.15 Å². The van der Waals surface area contributed by atoms with Gasteiger partial charge in [0, 0.05) is 24.8 Å². The summed E-state index contributed by atoms with van der Waals surface area (Å²) >= 11 is 6.48. The Morgan fingerprint density at radius 3 is 2.59 bits per heavy atom. The van der Waals surface area contributed by atoms with E-state index in [-0.39, 0.29) is 5.82 Å². The number of hydrogen-bond acceptors (Lipinski definition) is 4. The van der Waals surface area contributed by atoms with Crippen LogP contribution in [-0.4, -0.2) is 27.9 Å². The third-order valence-electron chi connectivity index (χ3n) is 4.25. The SMILES string of the molecule is Cc1nn(-c2ccc(F)cc2)c(Cl)c1CNCCCCNc1ccccn1. The minimum Gasteiger partial charge on any atom is -0.370 e. The maximum Gasteiger partial charge on any atom is 0.137 e. The highest BCUT2D eigenvalue weighted by molar-refractivity contribution is 6.30. The summed E-state index contributed by atoms with van der Waals surface area (Å²) in [7, 11) is 0. The average molecular weight is 388 g/mol. The number of halogens is 2. The van der Waals surface area contributed by atoms with E-state index in [1.54, 1.807) is 23.0 Å². The minimum atomic E-state index is -0.279. The van der Waals surface area contributed by atoms with E-state index in [0.29, 0.717) is 11.7 Å². The molecule has 0 spiro atoms. The highest BCUT2D eigenvalue weighted by Crippen LogP contribution is 2.23. The number of anilines is 1. The second kappa shape index (κ2) is 9.48. The highest BCUT2D eigenvalue weighted by Gasteiger charge is 2.14. The molecule has 3 aromatic rings. The normalized spacial score (nSPS) is 10.9. The molecular formula is C20H23ClFN5. The fourth-order valence-electron chi connectivity index (χ4n) is 2.76. The van der Waals surface area contributed by atoms with E-state index >= 15 is 0 Å². The van der Waals surface area contributed by atoms with Gasteiger partial charge in [0.15, 0.2) is 0 Å². The molecule has 2 heterocycles. The maximum absolute atomic E-state index is 13.1. The van der Waals surface area contributed by atoms with Crippen LogP contribution in [0.1, 0.15) is 24.1 Å². The minimum absolute atomic E-state index is 0.279. The second-order valence-electron chi connectivity index (χ2n) is 6.27. The Bertz CT molecular complexity index is 849. The zero-order valence-corrected chi connectivity index (χ0v) is 16.0.